The molecule has 2 heterocycles. The summed E-state index contributed by atoms with van der Waals surface area (Å²) in [5, 5.41) is 26.4. The number of benzene rings is 2. The van der Waals surface area contributed by atoms with Gasteiger partial charge in [0.1, 0.15) is 6.33 Å². The maximum absolute atomic E-state index is 10.1. The van der Waals surface area contributed by atoms with Crippen molar-refractivity contribution in [3.8, 4) is 11.5 Å². The highest BCUT2D eigenvalue weighted by Gasteiger charge is 2.10. The van der Waals surface area contributed by atoms with Gasteiger partial charge in [-0.1, -0.05) is 24.3 Å². The molecule has 0 spiro atoms. The zero-order valence-corrected chi connectivity index (χ0v) is 13.4. The van der Waals surface area contributed by atoms with Gasteiger partial charge in [-0.3, -0.25) is 4.40 Å². The van der Waals surface area contributed by atoms with Crippen molar-refractivity contribution in [3.63, 3.8) is 0 Å². The van der Waals surface area contributed by atoms with E-state index < -0.39 is 0 Å². The highest BCUT2D eigenvalue weighted by atomic mass is 16.5. The van der Waals surface area contributed by atoms with Crippen LogP contribution in [0.25, 0.3) is 16.7 Å². The first-order chi connectivity index (χ1) is 12.3. The van der Waals surface area contributed by atoms with Crippen LogP contribution >= 0.6 is 0 Å². The van der Waals surface area contributed by atoms with Crippen molar-refractivity contribution in [1.82, 2.24) is 19.6 Å². The van der Waals surface area contributed by atoms with E-state index in [9.17, 15) is 5.11 Å². The summed E-state index contributed by atoms with van der Waals surface area (Å²) < 4.78 is 6.91. The number of phenols is 1. The lowest BCUT2D eigenvalue weighted by Gasteiger charge is -2.06. The minimum atomic E-state index is 0.0584. The minimum absolute atomic E-state index is 0.0584. The van der Waals surface area contributed by atoms with Crippen molar-refractivity contribution in [2.24, 2.45) is 10.2 Å². The first kappa shape index (κ1) is 15.0. The smallest absolute Gasteiger partial charge is 0.220 e. The maximum atomic E-state index is 10.1. The second-order valence-corrected chi connectivity index (χ2v) is 5.32. The van der Waals surface area contributed by atoms with Crippen molar-refractivity contribution in [3.05, 3.63) is 54.4 Å². The molecule has 4 rings (SSSR count). The van der Waals surface area contributed by atoms with Crippen LogP contribution in [0.3, 0.4) is 0 Å². The number of aromatic nitrogens is 4. The zero-order valence-electron chi connectivity index (χ0n) is 13.4. The van der Waals surface area contributed by atoms with Crippen LogP contribution in [0.2, 0.25) is 0 Å². The average molecular weight is 334 g/mol. The molecular weight excluding hydrogens is 320 g/mol. The third-order valence-corrected chi connectivity index (χ3v) is 3.82. The molecule has 25 heavy (non-hydrogen) atoms. The molecule has 1 N–H and O–H groups in total. The molecule has 0 unspecified atom stereocenters. The molecule has 124 valence electrons. The molecule has 0 bridgehead atoms. The SMILES string of the molecule is COc1cccc(CN=Nc2nc3ccccc3n3cnnc23)c1O. The van der Waals surface area contributed by atoms with Crippen LogP contribution in [0, 0.1) is 0 Å². The van der Waals surface area contributed by atoms with Crippen molar-refractivity contribution in [1.29, 1.82) is 0 Å². The largest absolute Gasteiger partial charge is 0.504 e. The summed E-state index contributed by atoms with van der Waals surface area (Å²) in [7, 11) is 1.50. The van der Waals surface area contributed by atoms with Crippen molar-refractivity contribution >= 4 is 22.5 Å². The summed E-state index contributed by atoms with van der Waals surface area (Å²) in [6.45, 7) is 0.192. The zero-order chi connectivity index (χ0) is 17.2. The Morgan fingerprint density at radius 3 is 2.92 bits per heavy atom. The van der Waals surface area contributed by atoms with Gasteiger partial charge in [0.25, 0.3) is 0 Å². The molecule has 0 amide bonds. The van der Waals surface area contributed by atoms with Gasteiger partial charge in [0.05, 0.1) is 24.7 Å². The normalized spacial score (nSPS) is 11.6. The number of ether oxygens (including phenoxy) is 1. The number of aromatic hydroxyl groups is 1. The Balaban J connectivity index is 1.70. The van der Waals surface area contributed by atoms with Gasteiger partial charge in [0, 0.05) is 5.56 Å². The van der Waals surface area contributed by atoms with Gasteiger partial charge < -0.3 is 9.84 Å². The third kappa shape index (κ3) is 2.63. The fourth-order valence-corrected chi connectivity index (χ4v) is 2.60. The van der Waals surface area contributed by atoms with Crippen LogP contribution in [-0.2, 0) is 6.54 Å². The molecule has 0 saturated heterocycles. The fraction of sp³-hybridized carbons (Fsp3) is 0.118. The lowest BCUT2D eigenvalue weighted by molar-refractivity contribution is 0.370. The van der Waals surface area contributed by atoms with Crippen LogP contribution in [0.15, 0.2) is 59.0 Å². The number of nitrogens with zero attached hydrogens (tertiary/aromatic N) is 6. The van der Waals surface area contributed by atoms with E-state index in [-0.39, 0.29) is 12.3 Å². The number of para-hydroxylation sites is 3. The van der Waals surface area contributed by atoms with Gasteiger partial charge in [-0.25, -0.2) is 4.98 Å². The molecule has 0 fully saturated rings. The number of phenolic OH excluding ortho intramolecular Hbond substituents is 1. The van der Waals surface area contributed by atoms with Crippen molar-refractivity contribution in [2.75, 3.05) is 7.11 Å². The van der Waals surface area contributed by atoms with Crippen molar-refractivity contribution in [2.45, 2.75) is 6.54 Å². The van der Waals surface area contributed by atoms with E-state index in [1.54, 1.807) is 24.5 Å². The van der Waals surface area contributed by atoms with Crippen LogP contribution in [0.4, 0.5) is 5.82 Å². The lowest BCUT2D eigenvalue weighted by Crippen LogP contribution is -1.91. The molecule has 0 saturated carbocycles. The third-order valence-electron chi connectivity index (χ3n) is 3.82. The number of methoxy groups -OCH3 is 1. The van der Waals surface area contributed by atoms with E-state index in [2.05, 4.69) is 25.4 Å². The van der Waals surface area contributed by atoms with Crippen LogP contribution in [0.1, 0.15) is 5.56 Å². The Morgan fingerprint density at radius 2 is 2.04 bits per heavy atom. The van der Waals surface area contributed by atoms with Crippen LogP contribution < -0.4 is 4.74 Å². The summed E-state index contributed by atoms with van der Waals surface area (Å²) in [4.78, 5) is 4.49. The standard InChI is InChI=1S/C17H14N6O2/c1-25-14-8-4-5-11(15(14)24)9-18-21-16-17-22-19-10-23(17)13-7-3-2-6-12(13)20-16/h2-8,10,24H,9H2,1H3. The molecule has 0 aliphatic rings. The number of azo groups is 1. The van der Waals surface area contributed by atoms with Crippen molar-refractivity contribution < 1.29 is 9.84 Å². The van der Waals surface area contributed by atoms with Gasteiger partial charge in [-0.05, 0) is 18.2 Å². The summed E-state index contributed by atoms with van der Waals surface area (Å²) in [5.74, 6) is 0.831. The second-order valence-electron chi connectivity index (χ2n) is 5.32. The molecule has 2 aromatic heterocycles. The minimum Gasteiger partial charge on any atom is -0.504 e. The summed E-state index contributed by atoms with van der Waals surface area (Å²) in [6.07, 6.45) is 1.62. The van der Waals surface area contributed by atoms with Gasteiger partial charge in [-0.2, -0.15) is 5.11 Å². The molecule has 2 aromatic carbocycles. The predicted octanol–water partition coefficient (Wildman–Crippen LogP) is 3.28. The van der Waals surface area contributed by atoms with E-state index in [1.807, 2.05) is 28.7 Å². The summed E-state index contributed by atoms with van der Waals surface area (Å²) in [5.41, 5.74) is 2.80. The first-order valence-electron chi connectivity index (χ1n) is 7.59. The first-order valence-corrected chi connectivity index (χ1v) is 7.59. The van der Waals surface area contributed by atoms with Gasteiger partial charge in [-0.15, -0.1) is 15.3 Å². The van der Waals surface area contributed by atoms with E-state index in [1.165, 1.54) is 7.11 Å². The van der Waals surface area contributed by atoms with Gasteiger partial charge in [0.15, 0.2) is 11.5 Å². The Labute approximate surface area is 142 Å². The Kier molecular flexibility index (Phi) is 3.70. The van der Waals surface area contributed by atoms with E-state index in [0.717, 1.165) is 11.0 Å². The number of hydrogen-bond donors (Lipinski definition) is 1. The molecule has 8 heteroatoms. The Bertz CT molecular complexity index is 1090. The molecule has 8 nitrogen and oxygen atoms in total. The summed E-state index contributed by atoms with van der Waals surface area (Å²) in [6, 6.07) is 12.9. The molecule has 0 atom stereocenters. The number of fused-ring (bicyclic) bond motifs is 3. The molecule has 4 aromatic rings. The van der Waals surface area contributed by atoms with E-state index in [0.29, 0.717) is 22.8 Å². The molecule has 0 radical (unpaired) electrons. The topological polar surface area (TPSA) is 97.3 Å². The number of hydrogen-bond acceptors (Lipinski definition) is 7. The second kappa shape index (κ2) is 6.16. The number of rotatable bonds is 4. The highest BCUT2D eigenvalue weighted by Crippen LogP contribution is 2.30. The highest BCUT2D eigenvalue weighted by molar-refractivity contribution is 5.81. The monoisotopic (exact) mass is 334 g/mol. The van der Waals surface area contributed by atoms with Gasteiger partial charge >= 0.3 is 0 Å². The van der Waals surface area contributed by atoms with Crippen LogP contribution in [-0.4, -0.2) is 31.8 Å². The average Bonchev–Trinajstić information content (AvgIpc) is 3.13. The van der Waals surface area contributed by atoms with Crippen LogP contribution in [0.5, 0.6) is 11.5 Å². The quantitative estimate of drug-likeness (QED) is 0.578. The molecule has 0 aliphatic heterocycles. The predicted molar refractivity (Wildman–Crippen MR) is 91.2 cm³/mol. The summed E-state index contributed by atoms with van der Waals surface area (Å²) >= 11 is 0. The molecule has 0 aliphatic carbocycles. The molecular formula is C17H14N6O2. The maximum Gasteiger partial charge on any atom is 0.220 e. The van der Waals surface area contributed by atoms with E-state index >= 15 is 0 Å². The van der Waals surface area contributed by atoms with Gasteiger partial charge in [0.2, 0.25) is 11.5 Å². The fourth-order valence-electron chi connectivity index (χ4n) is 2.60. The Morgan fingerprint density at radius 1 is 1.16 bits per heavy atom. The Hall–Kier alpha value is -3.55. The lowest BCUT2D eigenvalue weighted by atomic mass is 10.2. The van der Waals surface area contributed by atoms with E-state index in [4.69, 9.17) is 4.74 Å².